The Bertz CT molecular complexity index is 655. The molecule has 2 nitrogen and oxygen atoms in total. The highest BCUT2D eigenvalue weighted by Crippen LogP contribution is 2.16. The Morgan fingerprint density at radius 2 is 1.77 bits per heavy atom. The topological polar surface area (TPSA) is 29.1 Å². The van der Waals surface area contributed by atoms with Gasteiger partial charge >= 0.3 is 0 Å². The van der Waals surface area contributed by atoms with Crippen LogP contribution in [0, 0.1) is 11.6 Å². The van der Waals surface area contributed by atoms with E-state index in [1.165, 1.54) is 12.1 Å². The summed E-state index contributed by atoms with van der Waals surface area (Å²) in [4.78, 5) is 12.1. The lowest BCUT2D eigenvalue weighted by molar-refractivity contribution is 0.0946. The normalized spacial score (nSPS) is 10.5. The standard InChI is InChI=1S/C18H19F2NO/c1-2-3-7-13-9-6-10-15(17(13)20)18(22)21-12-14-8-4-5-11-16(14)19/h4-6,8-11H,2-3,7,12H2,1H3,(H,21,22). The van der Waals surface area contributed by atoms with Crippen molar-refractivity contribution >= 4 is 5.91 Å². The lowest BCUT2D eigenvalue weighted by Gasteiger charge is -2.09. The van der Waals surface area contributed by atoms with E-state index in [4.69, 9.17) is 0 Å². The fourth-order valence-electron chi connectivity index (χ4n) is 2.23. The Labute approximate surface area is 129 Å². The summed E-state index contributed by atoms with van der Waals surface area (Å²) >= 11 is 0. The van der Waals surface area contributed by atoms with Gasteiger partial charge in [-0.2, -0.15) is 0 Å². The molecule has 0 atom stereocenters. The van der Waals surface area contributed by atoms with Crippen LogP contribution >= 0.6 is 0 Å². The van der Waals surface area contributed by atoms with Gasteiger partial charge in [0, 0.05) is 12.1 Å². The van der Waals surface area contributed by atoms with Crippen molar-refractivity contribution in [2.75, 3.05) is 0 Å². The van der Waals surface area contributed by atoms with Gasteiger partial charge in [0.05, 0.1) is 5.56 Å². The first kappa shape index (κ1) is 16.1. The first-order valence-electron chi connectivity index (χ1n) is 7.42. The SMILES string of the molecule is CCCCc1cccc(C(=O)NCc2ccccc2F)c1F. The van der Waals surface area contributed by atoms with Crippen LogP contribution in [0.5, 0.6) is 0 Å². The maximum Gasteiger partial charge on any atom is 0.254 e. The zero-order valence-electron chi connectivity index (χ0n) is 12.5. The molecule has 2 rings (SSSR count). The zero-order valence-corrected chi connectivity index (χ0v) is 12.5. The molecular weight excluding hydrogens is 284 g/mol. The molecule has 1 N–H and O–H groups in total. The second kappa shape index (κ2) is 7.69. The summed E-state index contributed by atoms with van der Waals surface area (Å²) < 4.78 is 27.8. The van der Waals surface area contributed by atoms with Gasteiger partial charge in [-0.15, -0.1) is 0 Å². The van der Waals surface area contributed by atoms with Crippen molar-refractivity contribution in [3.63, 3.8) is 0 Å². The van der Waals surface area contributed by atoms with Crippen molar-refractivity contribution in [1.82, 2.24) is 5.32 Å². The molecule has 0 unspecified atom stereocenters. The van der Waals surface area contributed by atoms with Crippen molar-refractivity contribution in [3.8, 4) is 0 Å². The molecule has 0 aliphatic rings. The number of benzene rings is 2. The van der Waals surface area contributed by atoms with Crippen LogP contribution in [0.1, 0.15) is 41.3 Å². The summed E-state index contributed by atoms with van der Waals surface area (Å²) in [6.45, 7) is 2.06. The number of hydrogen-bond acceptors (Lipinski definition) is 1. The first-order valence-corrected chi connectivity index (χ1v) is 7.42. The minimum atomic E-state index is -0.529. The quantitative estimate of drug-likeness (QED) is 0.850. The Morgan fingerprint density at radius 1 is 1.05 bits per heavy atom. The van der Waals surface area contributed by atoms with Gasteiger partial charge in [0.15, 0.2) is 0 Å². The van der Waals surface area contributed by atoms with Gasteiger partial charge < -0.3 is 5.32 Å². The van der Waals surface area contributed by atoms with Crippen LogP contribution in [0.3, 0.4) is 0 Å². The third-order valence-corrected chi connectivity index (χ3v) is 3.52. The Kier molecular flexibility index (Phi) is 5.64. The fraction of sp³-hybridized carbons (Fsp3) is 0.278. The average Bonchev–Trinajstić information content (AvgIpc) is 2.53. The van der Waals surface area contributed by atoms with E-state index in [2.05, 4.69) is 5.32 Å². The van der Waals surface area contributed by atoms with Crippen molar-refractivity contribution < 1.29 is 13.6 Å². The lowest BCUT2D eigenvalue weighted by atomic mass is 10.0. The third kappa shape index (κ3) is 3.91. The highest BCUT2D eigenvalue weighted by Gasteiger charge is 2.14. The largest absolute Gasteiger partial charge is 0.348 e. The van der Waals surface area contributed by atoms with E-state index in [0.29, 0.717) is 17.5 Å². The van der Waals surface area contributed by atoms with Crippen LogP contribution in [-0.4, -0.2) is 5.91 Å². The highest BCUT2D eigenvalue weighted by molar-refractivity contribution is 5.94. The predicted molar refractivity (Wildman–Crippen MR) is 82.6 cm³/mol. The van der Waals surface area contributed by atoms with Crippen molar-refractivity contribution in [1.29, 1.82) is 0 Å². The summed E-state index contributed by atoms with van der Waals surface area (Å²) in [6.07, 6.45) is 2.44. The molecule has 0 aliphatic heterocycles. The molecule has 1 amide bonds. The first-order chi connectivity index (χ1) is 10.6. The molecule has 2 aromatic rings. The van der Waals surface area contributed by atoms with Crippen molar-refractivity contribution in [3.05, 3.63) is 70.8 Å². The van der Waals surface area contributed by atoms with Crippen LogP contribution in [-0.2, 0) is 13.0 Å². The van der Waals surface area contributed by atoms with E-state index in [1.807, 2.05) is 6.92 Å². The molecule has 0 spiro atoms. The molecular formula is C18H19F2NO. The van der Waals surface area contributed by atoms with Gasteiger partial charge in [-0.1, -0.05) is 43.7 Å². The molecule has 0 aliphatic carbocycles. The van der Waals surface area contributed by atoms with E-state index in [0.717, 1.165) is 12.8 Å². The smallest absolute Gasteiger partial charge is 0.254 e. The van der Waals surface area contributed by atoms with Crippen LogP contribution in [0.4, 0.5) is 8.78 Å². The second-order valence-corrected chi connectivity index (χ2v) is 5.16. The Balaban J connectivity index is 2.08. The summed E-state index contributed by atoms with van der Waals surface area (Å²) in [5.74, 6) is -1.40. The molecule has 0 saturated carbocycles. The van der Waals surface area contributed by atoms with Crippen molar-refractivity contribution in [2.24, 2.45) is 0 Å². The number of rotatable bonds is 6. The Morgan fingerprint density at radius 3 is 2.50 bits per heavy atom. The van der Waals surface area contributed by atoms with Gasteiger partial charge in [0.2, 0.25) is 0 Å². The van der Waals surface area contributed by atoms with E-state index >= 15 is 0 Å². The summed E-state index contributed by atoms with van der Waals surface area (Å²) in [6, 6.07) is 11.0. The summed E-state index contributed by atoms with van der Waals surface area (Å²) in [5, 5.41) is 2.56. The van der Waals surface area contributed by atoms with E-state index < -0.39 is 11.7 Å². The highest BCUT2D eigenvalue weighted by atomic mass is 19.1. The number of carbonyl (C=O) groups is 1. The molecule has 2 aromatic carbocycles. The van der Waals surface area contributed by atoms with Gasteiger partial charge in [-0.25, -0.2) is 8.78 Å². The maximum absolute atomic E-state index is 14.3. The molecule has 4 heteroatoms. The maximum atomic E-state index is 14.3. The fourth-order valence-corrected chi connectivity index (χ4v) is 2.23. The molecule has 116 valence electrons. The molecule has 22 heavy (non-hydrogen) atoms. The van der Waals surface area contributed by atoms with E-state index in [1.54, 1.807) is 30.3 Å². The van der Waals surface area contributed by atoms with Crippen molar-refractivity contribution in [2.45, 2.75) is 32.7 Å². The predicted octanol–water partition coefficient (Wildman–Crippen LogP) is 4.24. The third-order valence-electron chi connectivity index (χ3n) is 3.52. The van der Waals surface area contributed by atoms with Gasteiger partial charge in [-0.05, 0) is 30.5 Å². The summed E-state index contributed by atoms with van der Waals surface area (Å²) in [7, 11) is 0. The average molecular weight is 303 g/mol. The molecule has 0 bridgehead atoms. The van der Waals surface area contributed by atoms with E-state index in [9.17, 15) is 13.6 Å². The van der Waals surface area contributed by atoms with Gasteiger partial charge in [0.1, 0.15) is 11.6 Å². The Hall–Kier alpha value is -2.23. The number of nitrogens with one attached hydrogen (secondary N) is 1. The van der Waals surface area contributed by atoms with Crippen LogP contribution in [0.15, 0.2) is 42.5 Å². The zero-order chi connectivity index (χ0) is 15.9. The molecule has 0 heterocycles. The number of unbranched alkanes of at least 4 members (excludes halogenated alkanes) is 1. The number of hydrogen-bond donors (Lipinski definition) is 1. The molecule has 0 fully saturated rings. The molecule has 0 saturated heterocycles. The molecule has 0 aromatic heterocycles. The number of amides is 1. The van der Waals surface area contributed by atoms with Crippen LogP contribution in [0.2, 0.25) is 0 Å². The summed E-state index contributed by atoms with van der Waals surface area (Å²) in [5.41, 5.74) is 0.920. The second-order valence-electron chi connectivity index (χ2n) is 5.16. The lowest BCUT2D eigenvalue weighted by Crippen LogP contribution is -2.24. The number of halogens is 2. The van der Waals surface area contributed by atoms with Gasteiger partial charge in [-0.3, -0.25) is 4.79 Å². The van der Waals surface area contributed by atoms with Gasteiger partial charge in [0.25, 0.3) is 5.91 Å². The minimum absolute atomic E-state index is 0.00458. The van der Waals surface area contributed by atoms with E-state index in [-0.39, 0.29) is 17.9 Å². The van der Waals surface area contributed by atoms with Crippen LogP contribution < -0.4 is 5.32 Å². The number of aryl methyl sites for hydroxylation is 1. The number of carbonyl (C=O) groups excluding carboxylic acids is 1. The monoisotopic (exact) mass is 303 g/mol. The van der Waals surface area contributed by atoms with Crippen LogP contribution in [0.25, 0.3) is 0 Å². The minimum Gasteiger partial charge on any atom is -0.348 e. The molecule has 0 radical (unpaired) electrons.